The second-order valence-electron chi connectivity index (χ2n) is 3.76. The number of urea groups is 1. The fraction of sp³-hybridized carbons (Fsp3) is 0.154. The lowest BCUT2D eigenvalue weighted by Gasteiger charge is -2.16. The summed E-state index contributed by atoms with van der Waals surface area (Å²) in [6.45, 7) is 0. The van der Waals surface area contributed by atoms with Crippen molar-refractivity contribution in [3.05, 3.63) is 42.7 Å². The fourth-order valence-electron chi connectivity index (χ4n) is 1.53. The number of rotatable bonds is 3. The predicted octanol–water partition coefficient (Wildman–Crippen LogP) is 2.58. The average Bonchev–Trinajstić information content (AvgIpc) is 2.91. The lowest BCUT2D eigenvalue weighted by molar-refractivity contribution is 0.249. The van der Waals surface area contributed by atoms with Crippen molar-refractivity contribution in [2.24, 2.45) is 0 Å². The number of nitrogens with one attached hydrogen (secondary N) is 2. The third-order valence-corrected chi connectivity index (χ3v) is 2.55. The van der Waals surface area contributed by atoms with Crippen molar-refractivity contribution in [3.8, 4) is 11.5 Å². The first-order valence-electron chi connectivity index (χ1n) is 5.57. The SMILES string of the molecule is CNC(=O)N(C)c1ccc(Oc2cc[nH]c2)cc1. The molecule has 5 heteroatoms. The first-order chi connectivity index (χ1) is 8.70. The highest BCUT2D eigenvalue weighted by Gasteiger charge is 2.08. The molecule has 1 aromatic carbocycles. The molecular formula is C13H15N3O2. The van der Waals surface area contributed by atoms with Gasteiger partial charge in [-0.15, -0.1) is 0 Å². The van der Waals surface area contributed by atoms with Crippen molar-refractivity contribution < 1.29 is 9.53 Å². The number of carbonyl (C=O) groups excluding carboxylic acids is 1. The molecule has 18 heavy (non-hydrogen) atoms. The third kappa shape index (κ3) is 2.63. The van der Waals surface area contributed by atoms with Gasteiger partial charge in [-0.3, -0.25) is 4.90 Å². The van der Waals surface area contributed by atoms with Crippen molar-refractivity contribution in [1.29, 1.82) is 0 Å². The van der Waals surface area contributed by atoms with Crippen LogP contribution in [0, 0.1) is 0 Å². The quantitative estimate of drug-likeness (QED) is 0.873. The number of hydrogen-bond acceptors (Lipinski definition) is 2. The number of ether oxygens (including phenoxy) is 1. The lowest BCUT2D eigenvalue weighted by Crippen LogP contribution is -2.34. The molecule has 2 N–H and O–H groups in total. The van der Waals surface area contributed by atoms with E-state index in [1.165, 1.54) is 4.90 Å². The molecule has 0 saturated heterocycles. The van der Waals surface area contributed by atoms with Gasteiger partial charge in [0.15, 0.2) is 0 Å². The largest absolute Gasteiger partial charge is 0.456 e. The van der Waals surface area contributed by atoms with E-state index in [0.29, 0.717) is 0 Å². The summed E-state index contributed by atoms with van der Waals surface area (Å²) in [5.41, 5.74) is 0.802. The van der Waals surface area contributed by atoms with Crippen LogP contribution in [0.3, 0.4) is 0 Å². The van der Waals surface area contributed by atoms with Crippen molar-refractivity contribution in [1.82, 2.24) is 10.3 Å². The van der Waals surface area contributed by atoms with Crippen molar-refractivity contribution in [3.63, 3.8) is 0 Å². The summed E-state index contributed by atoms with van der Waals surface area (Å²) in [6.07, 6.45) is 3.56. The molecule has 5 nitrogen and oxygen atoms in total. The monoisotopic (exact) mass is 245 g/mol. The second-order valence-corrected chi connectivity index (χ2v) is 3.76. The van der Waals surface area contributed by atoms with E-state index < -0.39 is 0 Å². The van der Waals surface area contributed by atoms with Crippen LogP contribution in [-0.2, 0) is 0 Å². The molecular weight excluding hydrogens is 230 g/mol. The Hall–Kier alpha value is -2.43. The summed E-state index contributed by atoms with van der Waals surface area (Å²) < 4.78 is 5.59. The number of amides is 2. The predicted molar refractivity (Wildman–Crippen MR) is 70.2 cm³/mol. The Bertz CT molecular complexity index is 506. The Morgan fingerprint density at radius 3 is 2.50 bits per heavy atom. The van der Waals surface area contributed by atoms with Gasteiger partial charge in [-0.1, -0.05) is 0 Å². The summed E-state index contributed by atoms with van der Waals surface area (Å²) in [5.74, 6) is 1.48. The summed E-state index contributed by atoms with van der Waals surface area (Å²) in [6, 6.07) is 8.98. The molecule has 0 fully saturated rings. The highest BCUT2D eigenvalue weighted by Crippen LogP contribution is 2.23. The van der Waals surface area contributed by atoms with Gasteiger partial charge in [0.2, 0.25) is 0 Å². The van der Waals surface area contributed by atoms with Crippen LogP contribution in [0.2, 0.25) is 0 Å². The second kappa shape index (κ2) is 5.27. The van der Waals surface area contributed by atoms with Crippen molar-refractivity contribution >= 4 is 11.7 Å². The maximum atomic E-state index is 11.4. The van der Waals surface area contributed by atoms with Crippen LogP contribution in [-0.4, -0.2) is 25.1 Å². The van der Waals surface area contributed by atoms with Crippen molar-refractivity contribution in [2.75, 3.05) is 19.0 Å². The van der Waals surface area contributed by atoms with Crippen molar-refractivity contribution in [2.45, 2.75) is 0 Å². The summed E-state index contributed by atoms with van der Waals surface area (Å²) in [4.78, 5) is 15.9. The number of aromatic amines is 1. The molecule has 2 aromatic rings. The molecule has 1 heterocycles. The number of nitrogens with zero attached hydrogens (tertiary/aromatic N) is 1. The highest BCUT2D eigenvalue weighted by atomic mass is 16.5. The summed E-state index contributed by atoms with van der Waals surface area (Å²) in [5, 5.41) is 2.57. The van der Waals surface area contributed by atoms with Gasteiger partial charge < -0.3 is 15.0 Å². The topological polar surface area (TPSA) is 57.4 Å². The molecule has 1 aromatic heterocycles. The van der Waals surface area contributed by atoms with E-state index in [-0.39, 0.29) is 6.03 Å². The van der Waals surface area contributed by atoms with Gasteiger partial charge in [0.25, 0.3) is 0 Å². The zero-order valence-corrected chi connectivity index (χ0v) is 10.3. The number of carbonyl (C=O) groups is 1. The highest BCUT2D eigenvalue weighted by molar-refractivity contribution is 5.91. The lowest BCUT2D eigenvalue weighted by atomic mass is 10.3. The first-order valence-corrected chi connectivity index (χ1v) is 5.57. The zero-order chi connectivity index (χ0) is 13.0. The van der Waals surface area contributed by atoms with Crippen LogP contribution in [0.15, 0.2) is 42.7 Å². The minimum absolute atomic E-state index is 0.158. The molecule has 0 radical (unpaired) electrons. The minimum Gasteiger partial charge on any atom is -0.456 e. The molecule has 0 unspecified atom stereocenters. The van der Waals surface area contributed by atoms with Crippen LogP contribution in [0.4, 0.5) is 10.5 Å². The molecule has 0 saturated carbocycles. The number of benzene rings is 1. The number of H-pyrrole nitrogens is 1. The van der Waals surface area contributed by atoms with Gasteiger partial charge in [-0.25, -0.2) is 4.79 Å². The summed E-state index contributed by atoms with van der Waals surface area (Å²) in [7, 11) is 3.31. The van der Waals surface area contributed by atoms with E-state index in [1.54, 1.807) is 26.5 Å². The van der Waals surface area contributed by atoms with Crippen LogP contribution in [0.25, 0.3) is 0 Å². The molecule has 0 spiro atoms. The third-order valence-electron chi connectivity index (χ3n) is 2.55. The molecule has 2 amide bonds. The van der Waals surface area contributed by atoms with Gasteiger partial charge in [0.05, 0.1) is 0 Å². The molecule has 0 bridgehead atoms. The zero-order valence-electron chi connectivity index (χ0n) is 10.3. The van der Waals surface area contributed by atoms with E-state index in [2.05, 4.69) is 10.3 Å². The van der Waals surface area contributed by atoms with Gasteiger partial charge in [0, 0.05) is 32.2 Å². The first kappa shape index (κ1) is 12.0. The number of anilines is 1. The van der Waals surface area contributed by atoms with Crippen LogP contribution >= 0.6 is 0 Å². The maximum absolute atomic E-state index is 11.4. The standard InChI is InChI=1S/C13H15N3O2/c1-14-13(17)16(2)10-3-5-11(6-4-10)18-12-7-8-15-9-12/h3-9,15H,1-2H3,(H,14,17). The maximum Gasteiger partial charge on any atom is 0.321 e. The van der Waals surface area contributed by atoms with Gasteiger partial charge in [-0.05, 0) is 30.3 Å². The van der Waals surface area contributed by atoms with Crippen LogP contribution in [0.5, 0.6) is 11.5 Å². The van der Waals surface area contributed by atoms with Crippen LogP contribution < -0.4 is 15.0 Å². The number of hydrogen-bond donors (Lipinski definition) is 2. The molecule has 0 aliphatic heterocycles. The minimum atomic E-state index is -0.158. The normalized spacial score (nSPS) is 9.89. The molecule has 0 aliphatic rings. The Morgan fingerprint density at radius 1 is 1.22 bits per heavy atom. The summed E-state index contributed by atoms with van der Waals surface area (Å²) >= 11 is 0. The molecule has 0 aliphatic carbocycles. The molecule has 2 rings (SSSR count). The number of aromatic nitrogens is 1. The van der Waals surface area contributed by atoms with E-state index in [0.717, 1.165) is 17.2 Å². The van der Waals surface area contributed by atoms with Crippen LogP contribution in [0.1, 0.15) is 0 Å². The Labute approximate surface area is 105 Å². The van der Waals surface area contributed by atoms with Gasteiger partial charge >= 0.3 is 6.03 Å². The Morgan fingerprint density at radius 2 is 1.94 bits per heavy atom. The fourth-order valence-corrected chi connectivity index (χ4v) is 1.53. The van der Waals surface area contributed by atoms with E-state index in [1.807, 2.05) is 30.3 Å². The van der Waals surface area contributed by atoms with E-state index in [4.69, 9.17) is 4.74 Å². The smallest absolute Gasteiger partial charge is 0.321 e. The molecule has 0 atom stereocenters. The molecule has 94 valence electrons. The van der Waals surface area contributed by atoms with Gasteiger partial charge in [-0.2, -0.15) is 0 Å². The van der Waals surface area contributed by atoms with Gasteiger partial charge in [0.1, 0.15) is 11.5 Å². The average molecular weight is 245 g/mol. The van der Waals surface area contributed by atoms with E-state index in [9.17, 15) is 4.79 Å². The van der Waals surface area contributed by atoms with E-state index >= 15 is 0 Å². The Kier molecular flexibility index (Phi) is 3.52. The Balaban J connectivity index is 2.08.